The van der Waals surface area contributed by atoms with Gasteiger partial charge in [0.1, 0.15) is 23.7 Å². The Hall–Kier alpha value is -6.79. The van der Waals surface area contributed by atoms with E-state index in [1.54, 1.807) is 0 Å². The van der Waals surface area contributed by atoms with E-state index in [4.69, 9.17) is 14.7 Å². The van der Waals surface area contributed by atoms with Crippen LogP contribution >= 0.6 is 0 Å². The number of ether oxygens (including phenoxy) is 1. The maximum atomic E-state index is 14.3. The number of hydrogen-bond donors (Lipinski definition) is 4. The number of hydrogen-bond acceptors (Lipinski definition) is 7. The zero-order chi connectivity index (χ0) is 43.8. The molecule has 2 bridgehead atoms. The Morgan fingerprint density at radius 3 is 2.19 bits per heavy atom. The van der Waals surface area contributed by atoms with Crippen LogP contribution in [0.1, 0.15) is 80.9 Å². The Kier molecular flexibility index (Phi) is 11.6. The van der Waals surface area contributed by atoms with Crippen LogP contribution in [0.2, 0.25) is 0 Å². The molecule has 4 N–H and O–H groups in total. The molecule has 1 unspecified atom stereocenters. The van der Waals surface area contributed by atoms with E-state index < -0.39 is 18.2 Å². The Bertz CT molecular complexity index is 2750. The quantitative estimate of drug-likeness (QED) is 0.0905. The van der Waals surface area contributed by atoms with Crippen molar-refractivity contribution in [1.29, 1.82) is 0 Å². The lowest BCUT2D eigenvalue weighted by Crippen LogP contribution is -2.47. The van der Waals surface area contributed by atoms with Crippen LogP contribution in [0.25, 0.3) is 44.2 Å². The van der Waals surface area contributed by atoms with Crippen molar-refractivity contribution in [2.75, 3.05) is 14.2 Å². The predicted molar refractivity (Wildman–Crippen MR) is 245 cm³/mol. The summed E-state index contributed by atoms with van der Waals surface area (Å²) in [6.07, 6.45) is 4.05. The van der Waals surface area contributed by atoms with Crippen molar-refractivity contribution in [3.05, 3.63) is 144 Å². The molecule has 1 saturated carbocycles. The maximum Gasteiger partial charge on any atom is 0.407 e. The fourth-order valence-corrected chi connectivity index (χ4v) is 9.69. The molecule has 2 aromatic heterocycles. The Balaban J connectivity index is 0.932. The summed E-state index contributed by atoms with van der Waals surface area (Å²) in [6, 6.07) is 36.7. The molecule has 2 fully saturated rings. The number of nitrogens with zero attached hydrogens (tertiary/aromatic N) is 4. The summed E-state index contributed by atoms with van der Waals surface area (Å²) in [4.78, 5) is 61.8. The molecule has 322 valence electrons. The highest BCUT2D eigenvalue weighted by Gasteiger charge is 2.51. The van der Waals surface area contributed by atoms with Crippen molar-refractivity contribution in [2.45, 2.75) is 76.8 Å². The van der Waals surface area contributed by atoms with Gasteiger partial charge in [0.25, 0.3) is 5.91 Å². The number of carbonyl (C=O) groups is 3. The van der Waals surface area contributed by atoms with Crippen LogP contribution in [-0.2, 0) is 20.9 Å². The van der Waals surface area contributed by atoms with Gasteiger partial charge in [-0.3, -0.25) is 9.59 Å². The number of likely N-dealkylation sites (N-methyl/N-ethyl adjacent to an activating group) is 1. The number of aromatic nitrogens is 4. The van der Waals surface area contributed by atoms with E-state index in [1.807, 2.05) is 83.7 Å². The topological polar surface area (TPSA) is 148 Å². The molecule has 3 amide bonds. The Labute approximate surface area is 367 Å². The number of amides is 3. The third-order valence-corrected chi connectivity index (χ3v) is 13.3. The number of carbonyl (C=O) groups excluding carboxylic acids is 3. The number of methoxy groups -OCH3 is 1. The van der Waals surface area contributed by atoms with Gasteiger partial charge in [0.2, 0.25) is 5.91 Å². The van der Waals surface area contributed by atoms with E-state index >= 15 is 0 Å². The molecule has 2 aliphatic rings. The van der Waals surface area contributed by atoms with Crippen molar-refractivity contribution in [3.63, 3.8) is 0 Å². The fourth-order valence-electron chi connectivity index (χ4n) is 9.69. The van der Waals surface area contributed by atoms with Crippen LogP contribution in [0.3, 0.4) is 0 Å². The number of benzene rings is 5. The smallest absolute Gasteiger partial charge is 0.407 e. The third-order valence-electron chi connectivity index (χ3n) is 13.3. The lowest BCUT2D eigenvalue weighted by atomic mass is 9.96. The summed E-state index contributed by atoms with van der Waals surface area (Å²) in [5.41, 5.74) is 7.47. The third kappa shape index (κ3) is 8.07. The number of likely N-dealkylation sites (tertiary alicyclic amines) is 1. The van der Waals surface area contributed by atoms with Crippen LogP contribution in [0.5, 0.6) is 0 Å². The average Bonchev–Trinajstić information content (AvgIpc) is 4.15. The van der Waals surface area contributed by atoms with Crippen LogP contribution in [0, 0.1) is 11.8 Å². The summed E-state index contributed by atoms with van der Waals surface area (Å²) in [7, 11) is 3.13. The van der Waals surface area contributed by atoms with Crippen molar-refractivity contribution >= 4 is 39.7 Å². The molecular weight excluding hydrogens is 789 g/mol. The first kappa shape index (κ1) is 41.6. The highest BCUT2D eigenvalue weighted by atomic mass is 16.5. The highest BCUT2D eigenvalue weighted by molar-refractivity contribution is 6.05. The number of fused-ring (bicyclic) bond motifs is 5. The molecule has 0 radical (unpaired) electrons. The van der Waals surface area contributed by atoms with E-state index in [1.165, 1.54) is 7.11 Å². The summed E-state index contributed by atoms with van der Waals surface area (Å²) >= 11 is 0. The van der Waals surface area contributed by atoms with E-state index in [0.717, 1.165) is 80.7 Å². The van der Waals surface area contributed by atoms with Crippen molar-refractivity contribution in [3.8, 4) is 22.4 Å². The summed E-state index contributed by atoms with van der Waals surface area (Å²) in [5, 5.41) is 8.14. The van der Waals surface area contributed by atoms with Crippen LogP contribution < -0.4 is 10.6 Å². The first-order valence-electron chi connectivity index (χ1n) is 21.9. The summed E-state index contributed by atoms with van der Waals surface area (Å²) in [6.45, 7) is 6.75. The molecule has 7 aromatic rings. The minimum atomic E-state index is -0.871. The molecule has 1 aliphatic heterocycles. The van der Waals surface area contributed by atoms with Gasteiger partial charge in [-0.2, -0.15) is 0 Å². The van der Waals surface area contributed by atoms with Gasteiger partial charge in [-0.05, 0) is 90.4 Å². The number of nitrogens with one attached hydrogen (secondary N) is 4. The normalized spacial score (nSPS) is 18.4. The summed E-state index contributed by atoms with van der Waals surface area (Å²) in [5.74, 6) is 1.89. The van der Waals surface area contributed by atoms with Gasteiger partial charge in [0, 0.05) is 17.5 Å². The van der Waals surface area contributed by atoms with Gasteiger partial charge < -0.3 is 35.1 Å². The second-order valence-electron chi connectivity index (χ2n) is 17.3. The van der Waals surface area contributed by atoms with Crippen molar-refractivity contribution in [2.24, 2.45) is 11.8 Å². The maximum absolute atomic E-state index is 14.3. The van der Waals surface area contributed by atoms with E-state index in [0.29, 0.717) is 12.1 Å². The first-order valence-corrected chi connectivity index (χ1v) is 21.9. The van der Waals surface area contributed by atoms with Crippen molar-refractivity contribution < 1.29 is 19.1 Å². The number of rotatable bonds is 13. The Morgan fingerprint density at radius 1 is 0.825 bits per heavy atom. The molecule has 9 rings (SSSR count). The second-order valence-corrected chi connectivity index (χ2v) is 17.3. The number of imidazole rings is 2. The molecule has 63 heavy (non-hydrogen) atoms. The minimum Gasteiger partial charge on any atom is -0.453 e. The zero-order valence-electron chi connectivity index (χ0n) is 36.3. The zero-order valence-corrected chi connectivity index (χ0v) is 36.3. The van der Waals surface area contributed by atoms with Crippen LogP contribution in [-0.4, -0.2) is 73.9 Å². The van der Waals surface area contributed by atoms with Crippen LogP contribution in [0.15, 0.2) is 121 Å². The molecule has 12 heteroatoms. The fraction of sp³-hybridized carbons (Fsp3) is 0.314. The standard InChI is InChI=1S/C51H54N8O4/c1-30(2)31(3)58(49(60)44(52-4)34-12-8-6-9-13-34)29-43-54-41-25-22-37-26-36(21-24-40(37)46(41)56-43)32-16-18-33(19-17-32)42-28-53-48(55-42)47-38-20-23-39(27-38)59(47)50(61)45(57-51(62)63-5)35-14-10-7-11-15-35/h6-19,21-22,24-26,28,30-31,38-39,44-45,47,52H,20,23,27,29H2,1-5H3,(H,53,55)(H,54,56)(H,57,62)/t31-,38+,39-,44-,45?,47+/m1/s1. The molecular formula is C51H54N8O4. The van der Waals surface area contributed by atoms with E-state index in [2.05, 4.69) is 96.0 Å². The molecule has 1 aliphatic carbocycles. The molecule has 0 spiro atoms. The number of alkyl carbamates (subject to hydrolysis) is 1. The second kappa shape index (κ2) is 17.5. The molecule has 1 saturated heterocycles. The average molecular weight is 843 g/mol. The molecule has 3 heterocycles. The van der Waals surface area contributed by atoms with Gasteiger partial charge in [-0.15, -0.1) is 0 Å². The molecule has 5 aromatic carbocycles. The monoisotopic (exact) mass is 842 g/mol. The van der Waals surface area contributed by atoms with E-state index in [9.17, 15) is 14.4 Å². The van der Waals surface area contributed by atoms with Gasteiger partial charge in [0.05, 0.1) is 42.6 Å². The van der Waals surface area contributed by atoms with Gasteiger partial charge in [0.15, 0.2) is 0 Å². The van der Waals surface area contributed by atoms with Crippen molar-refractivity contribution in [1.82, 2.24) is 40.4 Å². The lowest BCUT2D eigenvalue weighted by molar-refractivity contribution is -0.138. The van der Waals surface area contributed by atoms with Gasteiger partial charge >= 0.3 is 6.09 Å². The first-order chi connectivity index (χ1) is 30.6. The lowest BCUT2D eigenvalue weighted by Gasteiger charge is -2.36. The van der Waals surface area contributed by atoms with E-state index in [-0.39, 0.29) is 41.8 Å². The summed E-state index contributed by atoms with van der Waals surface area (Å²) < 4.78 is 4.90. The minimum absolute atomic E-state index is 0.00819. The predicted octanol–water partition coefficient (Wildman–Crippen LogP) is 9.26. The highest BCUT2D eigenvalue weighted by Crippen LogP contribution is 2.50. The van der Waals surface area contributed by atoms with Crippen LogP contribution in [0.4, 0.5) is 4.79 Å². The molecule has 12 nitrogen and oxygen atoms in total. The Morgan fingerprint density at radius 2 is 1.51 bits per heavy atom. The number of aromatic amines is 2. The number of H-pyrrole nitrogens is 2. The van der Waals surface area contributed by atoms with Gasteiger partial charge in [-0.1, -0.05) is 117 Å². The number of piperidine rings is 1. The van der Waals surface area contributed by atoms with Gasteiger partial charge in [-0.25, -0.2) is 14.8 Å². The molecule has 6 atom stereocenters. The largest absolute Gasteiger partial charge is 0.453 e. The SMILES string of the molecule is CN[C@@H](C(=O)N(Cc1nc2c(ccc3cc(-c4ccc(-c5cnc([C@@H]6[C@H]7CC[C@H](C7)N6C(=O)C(NC(=O)OC)c6ccccc6)[nH]5)cc4)ccc32)[nH]1)[C@H](C)C(C)C)c1ccccc1.